The monoisotopic (exact) mass is 226 g/mol. The standard InChI is InChI=1S/C10H11FN2O3/c1-6-2-3-7(11)8(4-6)16-5-9(14)13-10(12)15/h2-4H,5H2,1H3,(H3,12,13,14,15). The van der Waals surface area contributed by atoms with E-state index in [1.54, 1.807) is 18.3 Å². The fourth-order valence-electron chi connectivity index (χ4n) is 1.04. The summed E-state index contributed by atoms with van der Waals surface area (Å²) in [4.78, 5) is 21.3. The Hall–Kier alpha value is -2.11. The molecule has 16 heavy (non-hydrogen) atoms. The summed E-state index contributed by atoms with van der Waals surface area (Å²) in [5.41, 5.74) is 5.51. The van der Waals surface area contributed by atoms with Crippen molar-refractivity contribution in [2.75, 3.05) is 6.61 Å². The van der Waals surface area contributed by atoms with E-state index in [2.05, 4.69) is 0 Å². The van der Waals surface area contributed by atoms with Crippen molar-refractivity contribution in [3.05, 3.63) is 29.6 Å². The van der Waals surface area contributed by atoms with Crippen molar-refractivity contribution in [3.63, 3.8) is 0 Å². The van der Waals surface area contributed by atoms with Crippen LogP contribution in [0, 0.1) is 12.7 Å². The molecule has 3 N–H and O–H groups in total. The molecule has 1 rings (SSSR count). The van der Waals surface area contributed by atoms with Crippen LogP contribution in [-0.4, -0.2) is 18.5 Å². The van der Waals surface area contributed by atoms with Crippen LogP contribution in [0.2, 0.25) is 0 Å². The Balaban J connectivity index is 2.57. The molecular formula is C10H11FN2O3. The van der Waals surface area contributed by atoms with E-state index in [1.165, 1.54) is 12.1 Å². The van der Waals surface area contributed by atoms with Crippen LogP contribution in [0.25, 0.3) is 0 Å². The number of imide groups is 1. The van der Waals surface area contributed by atoms with Gasteiger partial charge in [0.25, 0.3) is 5.91 Å². The zero-order valence-corrected chi connectivity index (χ0v) is 8.62. The Bertz CT molecular complexity index is 421. The molecule has 0 aromatic heterocycles. The molecule has 0 aliphatic heterocycles. The molecule has 86 valence electrons. The molecule has 0 spiro atoms. The molecule has 6 heteroatoms. The summed E-state index contributed by atoms with van der Waals surface area (Å²) in [6.07, 6.45) is 0. The van der Waals surface area contributed by atoms with E-state index in [9.17, 15) is 14.0 Å². The number of carbonyl (C=O) groups excluding carboxylic acids is 2. The van der Waals surface area contributed by atoms with Gasteiger partial charge in [0.1, 0.15) is 0 Å². The van der Waals surface area contributed by atoms with Crippen LogP contribution >= 0.6 is 0 Å². The summed E-state index contributed by atoms with van der Waals surface area (Å²) in [7, 11) is 0. The number of carbonyl (C=O) groups is 2. The Morgan fingerprint density at radius 2 is 2.19 bits per heavy atom. The average Bonchev–Trinajstić information content (AvgIpc) is 2.18. The first-order chi connectivity index (χ1) is 7.49. The number of nitrogens with two attached hydrogens (primary N) is 1. The second kappa shape index (κ2) is 5.11. The zero-order valence-electron chi connectivity index (χ0n) is 8.62. The lowest BCUT2D eigenvalue weighted by Crippen LogP contribution is -2.38. The highest BCUT2D eigenvalue weighted by Crippen LogP contribution is 2.17. The molecule has 1 aromatic rings. The molecule has 5 nitrogen and oxygen atoms in total. The van der Waals surface area contributed by atoms with E-state index in [-0.39, 0.29) is 5.75 Å². The highest BCUT2D eigenvalue weighted by molar-refractivity contribution is 5.94. The number of rotatable bonds is 3. The summed E-state index contributed by atoms with van der Waals surface area (Å²) < 4.78 is 18.0. The Morgan fingerprint density at radius 1 is 1.50 bits per heavy atom. The molecule has 0 unspecified atom stereocenters. The maximum absolute atomic E-state index is 13.1. The molecule has 3 amide bonds. The number of urea groups is 1. The van der Waals surface area contributed by atoms with Gasteiger partial charge in [0, 0.05) is 0 Å². The fourth-order valence-corrected chi connectivity index (χ4v) is 1.04. The van der Waals surface area contributed by atoms with Crippen molar-refractivity contribution in [1.29, 1.82) is 0 Å². The Morgan fingerprint density at radius 3 is 2.81 bits per heavy atom. The third-order valence-corrected chi connectivity index (χ3v) is 1.71. The van der Waals surface area contributed by atoms with E-state index < -0.39 is 24.4 Å². The molecule has 0 aliphatic rings. The van der Waals surface area contributed by atoms with Gasteiger partial charge >= 0.3 is 6.03 Å². The minimum Gasteiger partial charge on any atom is -0.481 e. The van der Waals surface area contributed by atoms with Gasteiger partial charge in [-0.25, -0.2) is 9.18 Å². The predicted octanol–water partition coefficient (Wildman–Crippen LogP) is 0.708. The molecule has 0 fully saturated rings. The van der Waals surface area contributed by atoms with Crippen molar-refractivity contribution in [2.24, 2.45) is 5.73 Å². The van der Waals surface area contributed by atoms with Gasteiger partial charge in [0.05, 0.1) is 0 Å². The molecule has 0 heterocycles. The van der Waals surface area contributed by atoms with Crippen molar-refractivity contribution in [1.82, 2.24) is 5.32 Å². The molecule has 0 saturated carbocycles. The summed E-state index contributed by atoms with van der Waals surface area (Å²) >= 11 is 0. The van der Waals surface area contributed by atoms with E-state index in [0.717, 1.165) is 5.56 Å². The Kier molecular flexibility index (Phi) is 3.82. The fraction of sp³-hybridized carbons (Fsp3) is 0.200. The molecule has 0 atom stereocenters. The second-order valence-corrected chi connectivity index (χ2v) is 3.13. The second-order valence-electron chi connectivity index (χ2n) is 3.13. The number of nitrogens with one attached hydrogen (secondary N) is 1. The summed E-state index contributed by atoms with van der Waals surface area (Å²) in [5.74, 6) is -1.34. The van der Waals surface area contributed by atoms with Crippen molar-refractivity contribution in [2.45, 2.75) is 6.92 Å². The van der Waals surface area contributed by atoms with Crippen LogP contribution in [0.4, 0.5) is 9.18 Å². The first-order valence-electron chi connectivity index (χ1n) is 4.47. The number of hydrogen-bond acceptors (Lipinski definition) is 3. The van der Waals surface area contributed by atoms with E-state index in [1.807, 2.05) is 0 Å². The summed E-state index contributed by atoms with van der Waals surface area (Å²) in [5, 5.41) is 1.80. The van der Waals surface area contributed by atoms with Crippen LogP contribution in [0.5, 0.6) is 5.75 Å². The van der Waals surface area contributed by atoms with Gasteiger partial charge in [-0.2, -0.15) is 0 Å². The van der Waals surface area contributed by atoms with Crippen LogP contribution in [0.3, 0.4) is 0 Å². The van der Waals surface area contributed by atoms with Gasteiger partial charge in [0.15, 0.2) is 18.2 Å². The van der Waals surface area contributed by atoms with Crippen LogP contribution in [0.1, 0.15) is 5.56 Å². The number of amides is 3. The van der Waals surface area contributed by atoms with Gasteiger partial charge in [-0.3, -0.25) is 10.1 Å². The van der Waals surface area contributed by atoms with Gasteiger partial charge in [0.2, 0.25) is 0 Å². The third kappa shape index (κ3) is 3.56. The number of ether oxygens (including phenoxy) is 1. The van der Waals surface area contributed by atoms with Crippen LogP contribution in [0.15, 0.2) is 18.2 Å². The number of halogens is 1. The number of aryl methyl sites for hydroxylation is 1. The molecular weight excluding hydrogens is 215 g/mol. The topological polar surface area (TPSA) is 81.4 Å². The van der Waals surface area contributed by atoms with Crippen LogP contribution in [-0.2, 0) is 4.79 Å². The van der Waals surface area contributed by atoms with Crippen molar-refractivity contribution >= 4 is 11.9 Å². The average molecular weight is 226 g/mol. The number of benzene rings is 1. The lowest BCUT2D eigenvalue weighted by Gasteiger charge is -2.07. The SMILES string of the molecule is Cc1ccc(F)c(OCC(=O)NC(N)=O)c1. The molecule has 0 bridgehead atoms. The molecule has 1 aromatic carbocycles. The maximum atomic E-state index is 13.1. The maximum Gasteiger partial charge on any atom is 0.318 e. The summed E-state index contributed by atoms with van der Waals surface area (Å²) in [6, 6.07) is 3.29. The first-order valence-corrected chi connectivity index (χ1v) is 4.47. The first kappa shape index (κ1) is 12.0. The lowest BCUT2D eigenvalue weighted by atomic mass is 10.2. The highest BCUT2D eigenvalue weighted by atomic mass is 19.1. The number of hydrogen-bond donors (Lipinski definition) is 2. The zero-order chi connectivity index (χ0) is 12.1. The largest absolute Gasteiger partial charge is 0.481 e. The lowest BCUT2D eigenvalue weighted by molar-refractivity contribution is -0.121. The van der Waals surface area contributed by atoms with Crippen molar-refractivity contribution in [3.8, 4) is 5.75 Å². The van der Waals surface area contributed by atoms with Gasteiger partial charge in [-0.1, -0.05) is 6.07 Å². The smallest absolute Gasteiger partial charge is 0.318 e. The molecule has 0 aliphatic carbocycles. The Labute approximate surface area is 91.4 Å². The molecule has 0 saturated heterocycles. The van der Waals surface area contributed by atoms with Crippen molar-refractivity contribution < 1.29 is 18.7 Å². The molecule has 0 radical (unpaired) electrons. The summed E-state index contributed by atoms with van der Waals surface area (Å²) in [6.45, 7) is 1.29. The van der Waals surface area contributed by atoms with E-state index >= 15 is 0 Å². The minimum atomic E-state index is -0.974. The van der Waals surface area contributed by atoms with Crippen LogP contribution < -0.4 is 15.8 Å². The van der Waals surface area contributed by atoms with Gasteiger partial charge in [-0.05, 0) is 24.6 Å². The highest BCUT2D eigenvalue weighted by Gasteiger charge is 2.08. The quantitative estimate of drug-likeness (QED) is 0.796. The van der Waals surface area contributed by atoms with Gasteiger partial charge < -0.3 is 10.5 Å². The predicted molar refractivity (Wildman–Crippen MR) is 54.4 cm³/mol. The van der Waals surface area contributed by atoms with E-state index in [0.29, 0.717) is 0 Å². The van der Waals surface area contributed by atoms with E-state index in [4.69, 9.17) is 10.5 Å². The van der Waals surface area contributed by atoms with Gasteiger partial charge in [-0.15, -0.1) is 0 Å². The number of primary amides is 1. The normalized spacial score (nSPS) is 9.62. The third-order valence-electron chi connectivity index (χ3n) is 1.71. The minimum absolute atomic E-state index is 0.0420.